The molecule has 1 aromatic rings. The average Bonchev–Trinajstić information content (AvgIpc) is 2.60. The number of amides is 2. The Kier molecular flexibility index (Phi) is 7.51. The zero-order valence-electron chi connectivity index (χ0n) is 15.6. The summed E-state index contributed by atoms with van der Waals surface area (Å²) >= 11 is 5.99. The van der Waals surface area contributed by atoms with Crippen LogP contribution in [0.2, 0.25) is 5.02 Å². The van der Waals surface area contributed by atoms with Crippen LogP contribution in [0.1, 0.15) is 38.7 Å². The number of benzene rings is 1. The van der Waals surface area contributed by atoms with E-state index in [-0.39, 0.29) is 17.9 Å². The molecule has 1 fully saturated rings. The minimum atomic E-state index is -0.154. The van der Waals surface area contributed by atoms with E-state index in [0.29, 0.717) is 36.2 Å². The normalized spacial score (nSPS) is 15.5. The minimum Gasteiger partial charge on any atom is -0.496 e. The van der Waals surface area contributed by atoms with Crippen LogP contribution < -0.4 is 10.1 Å². The number of methoxy groups -OCH3 is 1. The lowest BCUT2D eigenvalue weighted by molar-refractivity contribution is -0.133. The highest BCUT2D eigenvalue weighted by atomic mass is 35.5. The van der Waals surface area contributed by atoms with Gasteiger partial charge in [0.15, 0.2) is 0 Å². The Hall–Kier alpha value is -2.01. The fraction of sp³-hybridized carbons (Fsp3) is 0.500. The van der Waals surface area contributed by atoms with Crippen molar-refractivity contribution in [2.24, 2.45) is 5.92 Å². The maximum atomic E-state index is 12.2. The SMILES string of the molecule is COc1ccc(Cl)cc1/C=C/C(=O)NC1CCN(C(=O)CC(C)C)CC1. The number of carbonyl (C=O) groups is 2. The summed E-state index contributed by atoms with van der Waals surface area (Å²) in [4.78, 5) is 26.2. The number of likely N-dealkylation sites (tertiary alicyclic amines) is 1. The van der Waals surface area contributed by atoms with Crippen molar-refractivity contribution in [3.8, 4) is 5.75 Å². The molecule has 1 saturated heterocycles. The summed E-state index contributed by atoms with van der Waals surface area (Å²) in [6, 6.07) is 5.36. The predicted molar refractivity (Wildman–Crippen MR) is 104 cm³/mol. The first-order chi connectivity index (χ1) is 12.4. The van der Waals surface area contributed by atoms with Gasteiger partial charge in [-0.3, -0.25) is 9.59 Å². The second kappa shape index (κ2) is 9.62. The van der Waals surface area contributed by atoms with Crippen molar-refractivity contribution in [3.63, 3.8) is 0 Å². The van der Waals surface area contributed by atoms with E-state index in [9.17, 15) is 9.59 Å². The molecule has 1 heterocycles. The minimum absolute atomic E-state index is 0.0940. The Morgan fingerprint density at radius 3 is 2.65 bits per heavy atom. The van der Waals surface area contributed by atoms with Gasteiger partial charge in [-0.25, -0.2) is 0 Å². The highest BCUT2D eigenvalue weighted by Crippen LogP contribution is 2.23. The summed E-state index contributed by atoms with van der Waals surface area (Å²) in [6.45, 7) is 5.49. The molecule has 0 bridgehead atoms. The van der Waals surface area contributed by atoms with Crippen LogP contribution in [0.3, 0.4) is 0 Å². The van der Waals surface area contributed by atoms with Gasteiger partial charge in [0.2, 0.25) is 11.8 Å². The van der Waals surface area contributed by atoms with Crippen LogP contribution in [0.5, 0.6) is 5.75 Å². The molecule has 0 aromatic heterocycles. The van der Waals surface area contributed by atoms with Gasteiger partial charge in [0.25, 0.3) is 0 Å². The van der Waals surface area contributed by atoms with E-state index >= 15 is 0 Å². The van der Waals surface area contributed by atoms with Gasteiger partial charge in [-0.05, 0) is 43.0 Å². The Morgan fingerprint density at radius 1 is 1.35 bits per heavy atom. The summed E-state index contributed by atoms with van der Waals surface area (Å²) in [5.74, 6) is 1.08. The highest BCUT2D eigenvalue weighted by Gasteiger charge is 2.23. The Labute approximate surface area is 160 Å². The largest absolute Gasteiger partial charge is 0.496 e. The number of hydrogen-bond acceptors (Lipinski definition) is 3. The standard InChI is InChI=1S/C20H27ClN2O3/c1-14(2)12-20(25)23-10-8-17(9-11-23)22-19(24)7-4-15-13-16(21)5-6-18(15)26-3/h4-7,13-14,17H,8-12H2,1-3H3,(H,22,24)/b7-4+. The monoisotopic (exact) mass is 378 g/mol. The number of piperidine rings is 1. The molecule has 0 radical (unpaired) electrons. The van der Waals surface area contributed by atoms with E-state index in [1.165, 1.54) is 6.08 Å². The zero-order chi connectivity index (χ0) is 19.1. The average molecular weight is 379 g/mol. The number of ether oxygens (including phenoxy) is 1. The molecule has 0 spiro atoms. The molecule has 1 aliphatic heterocycles. The number of hydrogen-bond donors (Lipinski definition) is 1. The molecular weight excluding hydrogens is 352 g/mol. The third-order valence-corrected chi connectivity index (χ3v) is 4.62. The quantitative estimate of drug-likeness (QED) is 0.770. The first kappa shape index (κ1) is 20.3. The lowest BCUT2D eigenvalue weighted by Gasteiger charge is -2.32. The van der Waals surface area contributed by atoms with Crippen molar-refractivity contribution in [1.82, 2.24) is 10.2 Å². The molecule has 0 unspecified atom stereocenters. The lowest BCUT2D eigenvalue weighted by atomic mass is 10.0. The van der Waals surface area contributed by atoms with Crippen LogP contribution in [0, 0.1) is 5.92 Å². The summed E-state index contributed by atoms with van der Waals surface area (Å²) in [7, 11) is 1.58. The lowest BCUT2D eigenvalue weighted by Crippen LogP contribution is -2.46. The molecular formula is C20H27ClN2O3. The van der Waals surface area contributed by atoms with E-state index in [2.05, 4.69) is 5.32 Å². The molecule has 142 valence electrons. The van der Waals surface area contributed by atoms with Gasteiger partial charge in [-0.2, -0.15) is 0 Å². The first-order valence-electron chi connectivity index (χ1n) is 8.99. The molecule has 6 heteroatoms. The molecule has 5 nitrogen and oxygen atoms in total. The topological polar surface area (TPSA) is 58.6 Å². The second-order valence-electron chi connectivity index (χ2n) is 6.98. The molecule has 2 rings (SSSR count). The van der Waals surface area contributed by atoms with Gasteiger partial charge in [-0.1, -0.05) is 25.4 Å². The van der Waals surface area contributed by atoms with Crippen molar-refractivity contribution in [3.05, 3.63) is 34.9 Å². The van der Waals surface area contributed by atoms with Gasteiger partial charge in [-0.15, -0.1) is 0 Å². The molecule has 1 N–H and O–H groups in total. The highest BCUT2D eigenvalue weighted by molar-refractivity contribution is 6.30. The van der Waals surface area contributed by atoms with Crippen molar-refractivity contribution in [1.29, 1.82) is 0 Å². The third kappa shape index (κ3) is 6.06. The predicted octanol–water partition coefficient (Wildman–Crippen LogP) is 3.52. The molecule has 0 aliphatic carbocycles. The van der Waals surface area contributed by atoms with Gasteiger partial charge in [0, 0.05) is 42.2 Å². The van der Waals surface area contributed by atoms with Crippen molar-refractivity contribution in [2.45, 2.75) is 39.2 Å². The van der Waals surface area contributed by atoms with Gasteiger partial charge in [0.05, 0.1) is 7.11 Å². The van der Waals surface area contributed by atoms with Crippen LogP contribution in [-0.2, 0) is 9.59 Å². The Bertz CT molecular complexity index is 665. The first-order valence-corrected chi connectivity index (χ1v) is 9.36. The van der Waals surface area contributed by atoms with Gasteiger partial charge < -0.3 is 15.0 Å². The maximum absolute atomic E-state index is 12.2. The van der Waals surface area contributed by atoms with Gasteiger partial charge >= 0.3 is 0 Å². The van der Waals surface area contributed by atoms with Crippen molar-refractivity contribution < 1.29 is 14.3 Å². The van der Waals surface area contributed by atoms with Crippen LogP contribution in [0.15, 0.2) is 24.3 Å². The smallest absolute Gasteiger partial charge is 0.244 e. The van der Waals surface area contributed by atoms with Crippen LogP contribution in [0.4, 0.5) is 0 Å². The molecule has 26 heavy (non-hydrogen) atoms. The Balaban J connectivity index is 1.84. The number of nitrogens with zero attached hydrogens (tertiary/aromatic N) is 1. The fourth-order valence-corrected chi connectivity index (χ4v) is 3.18. The van der Waals surface area contributed by atoms with Gasteiger partial charge in [0.1, 0.15) is 5.75 Å². The number of carbonyl (C=O) groups excluding carboxylic acids is 2. The number of halogens is 1. The van der Waals surface area contributed by atoms with E-state index in [1.807, 2.05) is 18.7 Å². The summed E-state index contributed by atoms with van der Waals surface area (Å²) in [6.07, 6.45) is 5.33. The molecule has 0 saturated carbocycles. The molecule has 1 aromatic carbocycles. The van der Waals surface area contributed by atoms with E-state index < -0.39 is 0 Å². The molecule has 2 amide bonds. The zero-order valence-corrected chi connectivity index (χ0v) is 16.4. The van der Waals surface area contributed by atoms with Crippen molar-refractivity contribution >= 4 is 29.5 Å². The van der Waals surface area contributed by atoms with E-state index in [0.717, 1.165) is 18.4 Å². The summed E-state index contributed by atoms with van der Waals surface area (Å²) < 4.78 is 5.27. The fourth-order valence-electron chi connectivity index (χ4n) is 3.00. The second-order valence-corrected chi connectivity index (χ2v) is 7.42. The molecule has 0 atom stereocenters. The summed E-state index contributed by atoms with van der Waals surface area (Å²) in [5.41, 5.74) is 0.754. The molecule has 1 aliphatic rings. The number of nitrogens with one attached hydrogen (secondary N) is 1. The van der Waals surface area contributed by atoms with Crippen LogP contribution >= 0.6 is 11.6 Å². The van der Waals surface area contributed by atoms with E-state index in [4.69, 9.17) is 16.3 Å². The van der Waals surface area contributed by atoms with Crippen LogP contribution in [-0.4, -0.2) is 43.0 Å². The summed E-state index contributed by atoms with van der Waals surface area (Å²) in [5, 5.41) is 3.59. The third-order valence-electron chi connectivity index (χ3n) is 4.38. The van der Waals surface area contributed by atoms with Crippen LogP contribution in [0.25, 0.3) is 6.08 Å². The maximum Gasteiger partial charge on any atom is 0.244 e. The number of rotatable bonds is 6. The van der Waals surface area contributed by atoms with Crippen molar-refractivity contribution in [2.75, 3.05) is 20.2 Å². The van der Waals surface area contributed by atoms with E-state index in [1.54, 1.807) is 31.4 Å². The Morgan fingerprint density at radius 2 is 2.04 bits per heavy atom.